The normalized spacial score (nSPS) is 11.3. The summed E-state index contributed by atoms with van der Waals surface area (Å²) in [7, 11) is 0. The third-order valence-electron chi connectivity index (χ3n) is 4.63. The summed E-state index contributed by atoms with van der Waals surface area (Å²) in [4.78, 5) is 37.0. The van der Waals surface area contributed by atoms with Crippen LogP contribution in [0.15, 0.2) is 84.9 Å². The summed E-state index contributed by atoms with van der Waals surface area (Å²) < 4.78 is 5.60. The molecule has 0 unspecified atom stereocenters. The Morgan fingerprint density at radius 3 is 2.13 bits per heavy atom. The number of ketones is 1. The summed E-state index contributed by atoms with van der Waals surface area (Å²) in [5, 5.41) is 5.51. The zero-order valence-electron chi connectivity index (χ0n) is 17.2. The summed E-state index contributed by atoms with van der Waals surface area (Å²) in [6.07, 6.45) is 0.401. The van der Waals surface area contributed by atoms with Gasteiger partial charge in [-0.05, 0) is 43.2 Å². The van der Waals surface area contributed by atoms with E-state index in [0.29, 0.717) is 17.7 Å². The van der Waals surface area contributed by atoms with Crippen LogP contribution in [0.3, 0.4) is 0 Å². The SMILES string of the molecule is CC(=O)[C@@H](Cc1ccccc1)NC(=O)COc1ccccc1C(=O)Nc1ccccc1. The molecule has 0 heterocycles. The number of carbonyl (C=O) groups is 3. The quantitative estimate of drug-likeness (QED) is 0.558. The minimum Gasteiger partial charge on any atom is -0.483 e. The molecule has 0 bridgehead atoms. The number of para-hydroxylation sites is 2. The van der Waals surface area contributed by atoms with Crippen molar-refractivity contribution in [3.8, 4) is 5.75 Å². The lowest BCUT2D eigenvalue weighted by molar-refractivity contribution is -0.128. The maximum atomic E-state index is 12.6. The Morgan fingerprint density at radius 2 is 1.45 bits per heavy atom. The van der Waals surface area contributed by atoms with Crippen LogP contribution >= 0.6 is 0 Å². The van der Waals surface area contributed by atoms with E-state index in [4.69, 9.17) is 4.74 Å². The molecule has 3 rings (SSSR count). The van der Waals surface area contributed by atoms with Crippen LogP contribution in [-0.4, -0.2) is 30.2 Å². The fourth-order valence-corrected chi connectivity index (χ4v) is 3.03. The standard InChI is InChI=1S/C25H24N2O4/c1-18(28)22(16-19-10-4-2-5-11-19)27-24(29)17-31-23-15-9-8-14-21(23)25(30)26-20-12-6-3-7-13-20/h2-15,22H,16-17H2,1H3,(H,26,30)(H,27,29)/t22-/m1/s1. The molecular formula is C25H24N2O4. The Balaban J connectivity index is 1.60. The fraction of sp³-hybridized carbons (Fsp3) is 0.160. The minimum absolute atomic E-state index is 0.139. The van der Waals surface area contributed by atoms with Crippen LogP contribution in [0, 0.1) is 0 Å². The van der Waals surface area contributed by atoms with E-state index in [9.17, 15) is 14.4 Å². The summed E-state index contributed by atoms with van der Waals surface area (Å²) in [5.41, 5.74) is 1.92. The number of carbonyl (C=O) groups excluding carboxylic acids is 3. The summed E-state index contributed by atoms with van der Waals surface area (Å²) in [6.45, 7) is 1.13. The van der Waals surface area contributed by atoms with Gasteiger partial charge in [0.1, 0.15) is 5.75 Å². The molecule has 3 aromatic rings. The molecule has 3 aromatic carbocycles. The molecule has 0 aromatic heterocycles. The molecule has 0 radical (unpaired) electrons. The second-order valence-corrected chi connectivity index (χ2v) is 7.03. The van der Waals surface area contributed by atoms with Crippen LogP contribution in [-0.2, 0) is 16.0 Å². The van der Waals surface area contributed by atoms with Crippen LogP contribution in [0.4, 0.5) is 5.69 Å². The number of rotatable bonds is 9. The van der Waals surface area contributed by atoms with Gasteiger partial charge in [0.25, 0.3) is 11.8 Å². The topological polar surface area (TPSA) is 84.5 Å². The van der Waals surface area contributed by atoms with Gasteiger partial charge in [-0.1, -0.05) is 60.7 Å². The van der Waals surface area contributed by atoms with Crippen molar-refractivity contribution in [1.82, 2.24) is 5.32 Å². The average molecular weight is 416 g/mol. The van der Waals surface area contributed by atoms with Crippen LogP contribution in [0.5, 0.6) is 5.75 Å². The van der Waals surface area contributed by atoms with Crippen molar-refractivity contribution in [3.63, 3.8) is 0 Å². The summed E-state index contributed by atoms with van der Waals surface area (Å²) in [5.74, 6) is -0.629. The second kappa shape index (κ2) is 10.7. The number of amides is 2. The molecule has 0 saturated carbocycles. The van der Waals surface area contributed by atoms with Crippen molar-refractivity contribution in [1.29, 1.82) is 0 Å². The van der Waals surface area contributed by atoms with E-state index in [1.165, 1.54) is 6.92 Å². The second-order valence-electron chi connectivity index (χ2n) is 7.03. The van der Waals surface area contributed by atoms with Crippen molar-refractivity contribution >= 4 is 23.3 Å². The third-order valence-corrected chi connectivity index (χ3v) is 4.63. The number of anilines is 1. The molecule has 2 N–H and O–H groups in total. The van der Waals surface area contributed by atoms with Gasteiger partial charge in [0.2, 0.25) is 0 Å². The maximum Gasteiger partial charge on any atom is 0.259 e. The summed E-state index contributed by atoms with van der Waals surface area (Å²) >= 11 is 0. The molecule has 6 heteroatoms. The van der Waals surface area contributed by atoms with Gasteiger partial charge in [0, 0.05) is 5.69 Å². The predicted molar refractivity (Wildman–Crippen MR) is 119 cm³/mol. The lowest BCUT2D eigenvalue weighted by atomic mass is 10.0. The molecule has 0 saturated heterocycles. The first-order valence-corrected chi connectivity index (χ1v) is 9.95. The average Bonchev–Trinajstić information content (AvgIpc) is 2.78. The summed E-state index contributed by atoms with van der Waals surface area (Å²) in [6, 6.07) is 24.6. The lowest BCUT2D eigenvalue weighted by Crippen LogP contribution is -2.43. The molecule has 6 nitrogen and oxygen atoms in total. The predicted octanol–water partition coefficient (Wildman–Crippen LogP) is 3.63. The van der Waals surface area contributed by atoms with Crippen LogP contribution in [0.25, 0.3) is 0 Å². The van der Waals surface area contributed by atoms with E-state index in [1.54, 1.807) is 36.4 Å². The van der Waals surface area contributed by atoms with Crippen molar-refractivity contribution in [2.75, 3.05) is 11.9 Å². The van der Waals surface area contributed by atoms with E-state index in [1.807, 2.05) is 48.5 Å². The molecule has 2 amide bonds. The van der Waals surface area contributed by atoms with E-state index in [2.05, 4.69) is 10.6 Å². The Morgan fingerprint density at radius 1 is 0.839 bits per heavy atom. The van der Waals surface area contributed by atoms with Crippen molar-refractivity contribution in [3.05, 3.63) is 96.1 Å². The van der Waals surface area contributed by atoms with E-state index in [-0.39, 0.29) is 24.0 Å². The van der Waals surface area contributed by atoms with Crippen LogP contribution in [0.2, 0.25) is 0 Å². The van der Waals surface area contributed by atoms with Gasteiger partial charge in [-0.25, -0.2) is 0 Å². The van der Waals surface area contributed by atoms with Gasteiger partial charge in [-0.15, -0.1) is 0 Å². The molecule has 0 fully saturated rings. The first-order valence-electron chi connectivity index (χ1n) is 9.95. The molecular weight excluding hydrogens is 392 g/mol. The van der Waals surface area contributed by atoms with Gasteiger partial charge in [-0.3, -0.25) is 14.4 Å². The van der Waals surface area contributed by atoms with Crippen molar-refractivity contribution < 1.29 is 19.1 Å². The maximum absolute atomic E-state index is 12.6. The van der Waals surface area contributed by atoms with Crippen LogP contribution < -0.4 is 15.4 Å². The largest absolute Gasteiger partial charge is 0.483 e. The molecule has 158 valence electrons. The molecule has 0 spiro atoms. The number of hydrogen-bond acceptors (Lipinski definition) is 4. The minimum atomic E-state index is -0.643. The number of benzene rings is 3. The number of ether oxygens (including phenoxy) is 1. The molecule has 31 heavy (non-hydrogen) atoms. The highest BCUT2D eigenvalue weighted by molar-refractivity contribution is 6.06. The molecule has 0 aliphatic carbocycles. The highest BCUT2D eigenvalue weighted by Crippen LogP contribution is 2.19. The molecule has 0 aliphatic rings. The third kappa shape index (κ3) is 6.54. The van der Waals surface area contributed by atoms with Gasteiger partial charge in [-0.2, -0.15) is 0 Å². The Hall–Kier alpha value is -3.93. The Labute approximate surface area is 181 Å². The van der Waals surface area contributed by atoms with Gasteiger partial charge in [0.15, 0.2) is 12.4 Å². The number of Topliss-reactive ketones (excluding diaryl/α,β-unsaturated/α-hetero) is 1. The van der Waals surface area contributed by atoms with Crippen molar-refractivity contribution in [2.45, 2.75) is 19.4 Å². The van der Waals surface area contributed by atoms with E-state index >= 15 is 0 Å². The first kappa shape index (κ1) is 21.8. The fourth-order valence-electron chi connectivity index (χ4n) is 3.03. The van der Waals surface area contributed by atoms with E-state index in [0.717, 1.165) is 5.56 Å². The zero-order chi connectivity index (χ0) is 22.1. The van der Waals surface area contributed by atoms with Gasteiger partial charge < -0.3 is 15.4 Å². The Kier molecular flexibility index (Phi) is 7.54. The number of nitrogens with one attached hydrogen (secondary N) is 2. The van der Waals surface area contributed by atoms with E-state index < -0.39 is 11.9 Å². The first-order chi connectivity index (χ1) is 15.0. The van der Waals surface area contributed by atoms with Gasteiger partial charge >= 0.3 is 0 Å². The monoisotopic (exact) mass is 416 g/mol. The van der Waals surface area contributed by atoms with Crippen molar-refractivity contribution in [2.24, 2.45) is 0 Å². The molecule has 1 atom stereocenters. The Bertz CT molecular complexity index is 1040. The van der Waals surface area contributed by atoms with Gasteiger partial charge in [0.05, 0.1) is 11.6 Å². The lowest BCUT2D eigenvalue weighted by Gasteiger charge is -2.17. The molecule has 0 aliphatic heterocycles. The van der Waals surface area contributed by atoms with Crippen LogP contribution in [0.1, 0.15) is 22.8 Å². The highest BCUT2D eigenvalue weighted by Gasteiger charge is 2.19. The smallest absolute Gasteiger partial charge is 0.259 e. The number of hydrogen-bond donors (Lipinski definition) is 2. The highest BCUT2D eigenvalue weighted by atomic mass is 16.5. The zero-order valence-corrected chi connectivity index (χ0v) is 17.2.